The summed E-state index contributed by atoms with van der Waals surface area (Å²) in [5, 5.41) is 17.2. The number of hydrogen-bond acceptors (Lipinski definition) is 6. The Morgan fingerprint density at radius 1 is 1.00 bits per heavy atom. The predicted octanol–water partition coefficient (Wildman–Crippen LogP) is 3.84. The highest BCUT2D eigenvalue weighted by Gasteiger charge is 2.22. The van der Waals surface area contributed by atoms with Crippen molar-refractivity contribution < 1.29 is 9.90 Å². The number of carbonyl (C=O) groups is 1. The van der Waals surface area contributed by atoms with Crippen LogP contribution in [0.5, 0.6) is 0 Å². The van der Waals surface area contributed by atoms with Crippen LogP contribution in [0.25, 0.3) is 10.9 Å². The molecule has 1 aliphatic rings. The zero-order valence-electron chi connectivity index (χ0n) is 18.7. The van der Waals surface area contributed by atoms with Gasteiger partial charge in [0.1, 0.15) is 5.82 Å². The summed E-state index contributed by atoms with van der Waals surface area (Å²) in [6.07, 6.45) is 4.35. The molecular weight excluding hydrogens is 402 g/mol. The van der Waals surface area contributed by atoms with Crippen molar-refractivity contribution in [1.29, 1.82) is 0 Å². The van der Waals surface area contributed by atoms with E-state index >= 15 is 0 Å². The number of nitrogens with zero attached hydrogens (tertiary/aromatic N) is 3. The number of rotatable bonds is 8. The van der Waals surface area contributed by atoms with Gasteiger partial charge in [-0.1, -0.05) is 36.4 Å². The Labute approximate surface area is 188 Å². The van der Waals surface area contributed by atoms with Crippen molar-refractivity contribution in [2.75, 3.05) is 24.3 Å². The minimum atomic E-state index is -0.797. The lowest BCUT2D eigenvalue weighted by Gasteiger charge is -2.30. The first-order valence-corrected chi connectivity index (χ1v) is 11.2. The van der Waals surface area contributed by atoms with Crippen LogP contribution >= 0.6 is 0 Å². The highest BCUT2D eigenvalue weighted by Crippen LogP contribution is 2.26. The van der Waals surface area contributed by atoms with Gasteiger partial charge >= 0.3 is 5.97 Å². The molecule has 0 saturated heterocycles. The van der Waals surface area contributed by atoms with Gasteiger partial charge in [0.15, 0.2) is 0 Å². The van der Waals surface area contributed by atoms with Gasteiger partial charge in [0, 0.05) is 38.1 Å². The zero-order valence-corrected chi connectivity index (χ0v) is 18.7. The Hall–Kier alpha value is -3.19. The van der Waals surface area contributed by atoms with E-state index in [0.29, 0.717) is 18.0 Å². The van der Waals surface area contributed by atoms with E-state index in [2.05, 4.69) is 16.7 Å². The quantitative estimate of drug-likeness (QED) is 0.497. The second-order valence-electron chi connectivity index (χ2n) is 8.75. The topological polar surface area (TPSA) is 90.4 Å². The second-order valence-corrected chi connectivity index (χ2v) is 8.75. The fourth-order valence-corrected chi connectivity index (χ4v) is 4.38. The number of nitrogens with one attached hydrogen (secondary N) is 2. The predicted molar refractivity (Wildman–Crippen MR) is 128 cm³/mol. The highest BCUT2D eigenvalue weighted by atomic mass is 16.4. The van der Waals surface area contributed by atoms with Crippen molar-refractivity contribution >= 4 is 28.6 Å². The molecule has 1 aliphatic carbocycles. The summed E-state index contributed by atoms with van der Waals surface area (Å²) in [6, 6.07) is 16.8. The maximum Gasteiger partial charge on any atom is 0.307 e. The van der Waals surface area contributed by atoms with Crippen LogP contribution in [0.1, 0.15) is 36.8 Å². The number of anilines is 2. The third kappa shape index (κ3) is 5.53. The zero-order chi connectivity index (χ0) is 22.5. The number of hydrogen-bond donors (Lipinski definition) is 3. The lowest BCUT2D eigenvalue weighted by Crippen LogP contribution is -2.37. The number of para-hydroxylation sites is 1. The van der Waals surface area contributed by atoms with Crippen LogP contribution in [-0.4, -0.2) is 47.2 Å². The van der Waals surface area contributed by atoms with Crippen LogP contribution in [-0.2, 0) is 17.8 Å². The van der Waals surface area contributed by atoms with E-state index in [4.69, 9.17) is 15.1 Å². The molecular formula is C25H31N5O2. The summed E-state index contributed by atoms with van der Waals surface area (Å²) < 4.78 is 0. The van der Waals surface area contributed by atoms with E-state index in [9.17, 15) is 4.79 Å². The maximum atomic E-state index is 10.9. The minimum Gasteiger partial charge on any atom is -0.481 e. The van der Waals surface area contributed by atoms with Gasteiger partial charge in [0.25, 0.3) is 0 Å². The first kappa shape index (κ1) is 22.0. The van der Waals surface area contributed by atoms with Gasteiger partial charge in [-0.3, -0.25) is 4.79 Å². The van der Waals surface area contributed by atoms with Gasteiger partial charge in [-0.25, -0.2) is 4.98 Å². The Morgan fingerprint density at radius 3 is 2.47 bits per heavy atom. The smallest absolute Gasteiger partial charge is 0.307 e. The summed E-state index contributed by atoms with van der Waals surface area (Å²) in [4.78, 5) is 22.5. The molecule has 3 N–H and O–H groups in total. The Bertz CT molecular complexity index is 1080. The van der Waals surface area contributed by atoms with E-state index in [1.165, 1.54) is 0 Å². The number of carboxylic acid groups (broad SMARTS) is 1. The van der Waals surface area contributed by atoms with Gasteiger partial charge in [-0.2, -0.15) is 4.98 Å². The van der Waals surface area contributed by atoms with Crippen molar-refractivity contribution in [3.63, 3.8) is 0 Å². The second kappa shape index (κ2) is 9.96. The number of benzene rings is 2. The van der Waals surface area contributed by atoms with E-state index in [0.717, 1.165) is 60.1 Å². The Morgan fingerprint density at radius 2 is 1.72 bits per heavy atom. The van der Waals surface area contributed by atoms with Crippen molar-refractivity contribution in [2.24, 2.45) is 0 Å². The van der Waals surface area contributed by atoms with Crippen LogP contribution in [0.15, 0.2) is 48.5 Å². The van der Waals surface area contributed by atoms with Crippen LogP contribution in [0.4, 0.5) is 11.8 Å². The normalized spacial score (nSPS) is 18.4. The molecule has 7 heteroatoms. The summed E-state index contributed by atoms with van der Waals surface area (Å²) in [7, 11) is 4.01. The van der Waals surface area contributed by atoms with Crippen LogP contribution in [0.2, 0.25) is 0 Å². The molecule has 0 radical (unpaired) electrons. The molecule has 0 bridgehead atoms. The monoisotopic (exact) mass is 433 g/mol. The average Bonchev–Trinajstić information content (AvgIpc) is 2.78. The van der Waals surface area contributed by atoms with Crippen molar-refractivity contribution in [2.45, 2.75) is 50.7 Å². The lowest BCUT2D eigenvalue weighted by atomic mass is 9.91. The third-order valence-electron chi connectivity index (χ3n) is 6.01. The van der Waals surface area contributed by atoms with Gasteiger partial charge in [-0.15, -0.1) is 0 Å². The third-order valence-corrected chi connectivity index (χ3v) is 6.01. The molecule has 0 unspecified atom stereocenters. The molecule has 4 rings (SSSR count). The molecule has 168 valence electrons. The summed E-state index contributed by atoms with van der Waals surface area (Å²) in [5.41, 5.74) is 2.93. The molecule has 1 aromatic heterocycles. The fourth-order valence-electron chi connectivity index (χ4n) is 4.38. The van der Waals surface area contributed by atoms with Crippen LogP contribution < -0.4 is 15.5 Å². The molecule has 32 heavy (non-hydrogen) atoms. The van der Waals surface area contributed by atoms with Gasteiger partial charge in [0.05, 0.1) is 11.9 Å². The largest absolute Gasteiger partial charge is 0.481 e. The molecule has 0 spiro atoms. The number of fused-ring (bicyclic) bond motifs is 1. The number of carboxylic acids is 1. The molecule has 2 aromatic carbocycles. The van der Waals surface area contributed by atoms with Crippen molar-refractivity contribution in [3.05, 3.63) is 59.7 Å². The summed E-state index contributed by atoms with van der Waals surface area (Å²) >= 11 is 0. The van der Waals surface area contributed by atoms with Gasteiger partial charge < -0.3 is 20.6 Å². The Kier molecular flexibility index (Phi) is 6.85. The lowest BCUT2D eigenvalue weighted by molar-refractivity contribution is -0.136. The Balaban J connectivity index is 1.31. The van der Waals surface area contributed by atoms with E-state index in [-0.39, 0.29) is 6.42 Å². The average molecular weight is 434 g/mol. The van der Waals surface area contributed by atoms with E-state index in [1.54, 1.807) is 0 Å². The van der Waals surface area contributed by atoms with E-state index < -0.39 is 5.97 Å². The first-order chi connectivity index (χ1) is 15.5. The first-order valence-electron chi connectivity index (χ1n) is 11.2. The molecule has 1 saturated carbocycles. The maximum absolute atomic E-state index is 10.9. The fraction of sp³-hybridized carbons (Fsp3) is 0.400. The standard InChI is InChI=1S/C25H31N5O2/c1-30(2)24-21-8-3-4-9-22(21)28-25(29-24)27-20-12-10-19(11-13-20)26-16-18-7-5-6-17(14-18)15-23(31)32/h3-9,14,19-20,26H,10-13,15-16H2,1-2H3,(H,31,32)(H,27,28,29)/t19-,20+. The van der Waals surface area contributed by atoms with Gasteiger partial charge in [-0.05, 0) is 48.9 Å². The molecule has 1 heterocycles. The summed E-state index contributed by atoms with van der Waals surface area (Å²) in [5.74, 6) is 0.826. The van der Waals surface area contributed by atoms with Crippen LogP contribution in [0.3, 0.4) is 0 Å². The SMILES string of the molecule is CN(C)c1nc(N[C@H]2CC[C@@H](NCc3cccc(CC(=O)O)c3)CC2)nc2ccccc12. The molecule has 3 aromatic rings. The highest BCUT2D eigenvalue weighted by molar-refractivity contribution is 5.90. The molecule has 7 nitrogen and oxygen atoms in total. The molecule has 0 amide bonds. The molecule has 0 atom stereocenters. The van der Waals surface area contributed by atoms with Crippen molar-refractivity contribution in [3.8, 4) is 0 Å². The number of aromatic nitrogens is 2. The van der Waals surface area contributed by atoms with Crippen LogP contribution in [0, 0.1) is 0 Å². The molecule has 0 aliphatic heterocycles. The summed E-state index contributed by atoms with van der Waals surface area (Å²) in [6.45, 7) is 0.760. The number of aliphatic carboxylic acids is 1. The van der Waals surface area contributed by atoms with E-state index in [1.807, 2.05) is 61.5 Å². The van der Waals surface area contributed by atoms with Gasteiger partial charge in [0.2, 0.25) is 5.95 Å². The minimum absolute atomic E-state index is 0.0665. The van der Waals surface area contributed by atoms with Crippen molar-refractivity contribution in [1.82, 2.24) is 15.3 Å². The molecule has 1 fully saturated rings.